The highest BCUT2D eigenvalue weighted by Crippen LogP contribution is 2.25. The zero-order valence-corrected chi connectivity index (χ0v) is 8.69. The van der Waals surface area contributed by atoms with E-state index in [9.17, 15) is 0 Å². The van der Waals surface area contributed by atoms with Gasteiger partial charge in [-0.2, -0.15) is 5.10 Å². The largest absolute Gasteiger partial charge is 0.355 e. The Morgan fingerprint density at radius 3 is 2.80 bits per heavy atom. The summed E-state index contributed by atoms with van der Waals surface area (Å²) in [5.41, 5.74) is 2.84. The minimum Gasteiger partial charge on any atom is -0.355 e. The molecule has 0 radical (unpaired) electrons. The number of nitrogens with one attached hydrogen (secondary N) is 1. The van der Waals surface area contributed by atoms with Gasteiger partial charge in [0.05, 0.1) is 5.69 Å². The topological polar surface area (TPSA) is 57.7 Å². The third-order valence-corrected chi connectivity index (χ3v) is 2.90. The zero-order chi connectivity index (χ0) is 10.3. The first-order valence-electron chi connectivity index (χ1n) is 5.27. The van der Waals surface area contributed by atoms with Crippen molar-refractivity contribution in [3.05, 3.63) is 12.0 Å². The lowest BCUT2D eigenvalue weighted by molar-refractivity contribution is 0.934. The third kappa shape index (κ3) is 1.26. The van der Waals surface area contributed by atoms with E-state index >= 15 is 0 Å². The molecular formula is C10H13N5. The van der Waals surface area contributed by atoms with Gasteiger partial charge in [0, 0.05) is 13.1 Å². The van der Waals surface area contributed by atoms with Crippen molar-refractivity contribution in [2.24, 2.45) is 0 Å². The van der Waals surface area contributed by atoms with Gasteiger partial charge in [-0.15, -0.1) is 0 Å². The van der Waals surface area contributed by atoms with Crippen molar-refractivity contribution in [3.63, 3.8) is 0 Å². The molecule has 1 N–H and O–H groups in total. The highest BCUT2D eigenvalue weighted by atomic mass is 15.2. The highest BCUT2D eigenvalue weighted by molar-refractivity contribution is 5.87. The quantitative estimate of drug-likeness (QED) is 0.758. The van der Waals surface area contributed by atoms with E-state index in [2.05, 4.69) is 25.1 Å². The number of aromatic amines is 1. The second-order valence-electron chi connectivity index (χ2n) is 3.94. The summed E-state index contributed by atoms with van der Waals surface area (Å²) in [7, 11) is 0. The zero-order valence-electron chi connectivity index (χ0n) is 8.69. The van der Waals surface area contributed by atoms with Gasteiger partial charge in [-0.3, -0.25) is 5.10 Å². The molecule has 1 fully saturated rings. The summed E-state index contributed by atoms with van der Waals surface area (Å²) < 4.78 is 0. The summed E-state index contributed by atoms with van der Waals surface area (Å²) in [5, 5.41) is 7.23. The number of nitrogens with zero attached hydrogens (tertiary/aromatic N) is 4. The second-order valence-corrected chi connectivity index (χ2v) is 3.94. The van der Waals surface area contributed by atoms with Crippen LogP contribution in [-0.2, 0) is 0 Å². The van der Waals surface area contributed by atoms with E-state index in [1.807, 2.05) is 6.92 Å². The number of aromatic nitrogens is 4. The van der Waals surface area contributed by atoms with Crippen molar-refractivity contribution in [3.8, 4) is 0 Å². The number of anilines is 1. The van der Waals surface area contributed by atoms with E-state index < -0.39 is 0 Å². The molecule has 0 bridgehead atoms. The minimum atomic E-state index is 0.900. The molecule has 0 unspecified atom stereocenters. The van der Waals surface area contributed by atoms with E-state index in [-0.39, 0.29) is 0 Å². The molecule has 5 nitrogen and oxygen atoms in total. The molecule has 3 rings (SSSR count). The van der Waals surface area contributed by atoms with Crippen molar-refractivity contribution < 1.29 is 0 Å². The predicted molar refractivity (Wildman–Crippen MR) is 57.9 cm³/mol. The molecule has 2 aromatic heterocycles. The van der Waals surface area contributed by atoms with Gasteiger partial charge in [-0.25, -0.2) is 9.97 Å². The SMILES string of the molecule is Cc1[nH]nc2c(N3CCCC3)ncnc12. The van der Waals surface area contributed by atoms with E-state index in [4.69, 9.17) is 0 Å². The molecule has 3 heterocycles. The maximum absolute atomic E-state index is 4.33. The summed E-state index contributed by atoms with van der Waals surface area (Å²) in [5.74, 6) is 0.974. The normalized spacial score (nSPS) is 16.5. The molecule has 0 saturated carbocycles. The van der Waals surface area contributed by atoms with Gasteiger partial charge < -0.3 is 4.90 Å². The third-order valence-electron chi connectivity index (χ3n) is 2.90. The molecule has 78 valence electrons. The molecule has 0 spiro atoms. The lowest BCUT2D eigenvalue weighted by Crippen LogP contribution is -2.19. The molecule has 0 amide bonds. The van der Waals surface area contributed by atoms with Crippen LogP contribution in [0.15, 0.2) is 6.33 Å². The van der Waals surface area contributed by atoms with Gasteiger partial charge in [0.2, 0.25) is 0 Å². The van der Waals surface area contributed by atoms with Crippen LogP contribution >= 0.6 is 0 Å². The Hall–Kier alpha value is -1.65. The van der Waals surface area contributed by atoms with Crippen LogP contribution in [0.2, 0.25) is 0 Å². The van der Waals surface area contributed by atoms with Crippen LogP contribution in [0.4, 0.5) is 5.82 Å². The van der Waals surface area contributed by atoms with Crippen LogP contribution in [0.5, 0.6) is 0 Å². The van der Waals surface area contributed by atoms with Gasteiger partial charge >= 0.3 is 0 Å². The molecule has 1 aliphatic rings. The first kappa shape index (κ1) is 8.64. The van der Waals surface area contributed by atoms with E-state index in [1.165, 1.54) is 12.8 Å². The number of fused-ring (bicyclic) bond motifs is 1. The summed E-state index contributed by atoms with van der Waals surface area (Å²) in [6.07, 6.45) is 4.11. The van der Waals surface area contributed by atoms with Crippen molar-refractivity contribution in [1.82, 2.24) is 20.2 Å². The Bertz CT molecular complexity index is 484. The van der Waals surface area contributed by atoms with E-state index in [0.29, 0.717) is 0 Å². The number of H-pyrrole nitrogens is 1. The minimum absolute atomic E-state index is 0.900. The highest BCUT2D eigenvalue weighted by Gasteiger charge is 2.18. The average Bonchev–Trinajstić information content (AvgIpc) is 2.88. The summed E-state index contributed by atoms with van der Waals surface area (Å²) in [4.78, 5) is 10.9. The predicted octanol–water partition coefficient (Wildman–Crippen LogP) is 1.26. The average molecular weight is 203 g/mol. The molecule has 0 atom stereocenters. The Balaban J connectivity index is 2.17. The van der Waals surface area contributed by atoms with Gasteiger partial charge in [0.1, 0.15) is 11.8 Å². The first-order chi connectivity index (χ1) is 7.36. The van der Waals surface area contributed by atoms with Gasteiger partial charge in [-0.1, -0.05) is 0 Å². The number of hydrogen-bond acceptors (Lipinski definition) is 4. The molecule has 0 aliphatic carbocycles. The van der Waals surface area contributed by atoms with Crippen LogP contribution < -0.4 is 4.90 Å². The maximum atomic E-state index is 4.33. The summed E-state index contributed by atoms with van der Waals surface area (Å²) >= 11 is 0. The lowest BCUT2D eigenvalue weighted by atomic mass is 10.3. The molecule has 1 saturated heterocycles. The van der Waals surface area contributed by atoms with Gasteiger partial charge in [0.15, 0.2) is 11.3 Å². The fourth-order valence-electron chi connectivity index (χ4n) is 2.10. The van der Waals surface area contributed by atoms with Crippen LogP contribution in [0.3, 0.4) is 0 Å². The van der Waals surface area contributed by atoms with Crippen LogP contribution in [-0.4, -0.2) is 33.3 Å². The van der Waals surface area contributed by atoms with Crippen molar-refractivity contribution >= 4 is 16.9 Å². The Morgan fingerprint density at radius 1 is 1.20 bits per heavy atom. The summed E-state index contributed by atoms with van der Waals surface area (Å²) in [6, 6.07) is 0. The van der Waals surface area contributed by atoms with Crippen molar-refractivity contribution in [1.29, 1.82) is 0 Å². The molecule has 5 heteroatoms. The number of rotatable bonds is 1. The molecule has 15 heavy (non-hydrogen) atoms. The van der Waals surface area contributed by atoms with E-state index in [1.54, 1.807) is 6.33 Å². The van der Waals surface area contributed by atoms with Gasteiger partial charge in [-0.05, 0) is 19.8 Å². The van der Waals surface area contributed by atoms with Crippen LogP contribution in [0.1, 0.15) is 18.5 Å². The lowest BCUT2D eigenvalue weighted by Gasteiger charge is -2.15. The standard InChI is InChI=1S/C10H13N5/c1-7-8-9(14-13-7)10(12-6-11-8)15-4-2-3-5-15/h6H,2-5H2,1H3,(H,13,14). The molecular weight excluding hydrogens is 190 g/mol. The number of hydrogen-bond donors (Lipinski definition) is 1. The monoisotopic (exact) mass is 203 g/mol. The second kappa shape index (κ2) is 3.18. The number of aryl methyl sites for hydroxylation is 1. The Morgan fingerprint density at radius 2 is 2.00 bits per heavy atom. The van der Waals surface area contributed by atoms with Crippen LogP contribution in [0, 0.1) is 6.92 Å². The van der Waals surface area contributed by atoms with Crippen LogP contribution in [0.25, 0.3) is 11.0 Å². The first-order valence-corrected chi connectivity index (χ1v) is 5.27. The van der Waals surface area contributed by atoms with Crippen molar-refractivity contribution in [2.75, 3.05) is 18.0 Å². The Kier molecular flexibility index (Phi) is 1.83. The fraction of sp³-hybridized carbons (Fsp3) is 0.500. The van der Waals surface area contributed by atoms with Crippen molar-refractivity contribution in [2.45, 2.75) is 19.8 Å². The Labute approximate surface area is 87.5 Å². The smallest absolute Gasteiger partial charge is 0.160 e. The molecule has 1 aliphatic heterocycles. The fourth-order valence-corrected chi connectivity index (χ4v) is 2.10. The summed E-state index contributed by atoms with van der Waals surface area (Å²) in [6.45, 7) is 4.14. The van der Waals surface area contributed by atoms with E-state index in [0.717, 1.165) is 35.6 Å². The molecule has 2 aromatic rings. The molecule has 0 aromatic carbocycles. The van der Waals surface area contributed by atoms with Gasteiger partial charge in [0.25, 0.3) is 0 Å². The maximum Gasteiger partial charge on any atom is 0.160 e.